The lowest BCUT2D eigenvalue weighted by Gasteiger charge is -2.30. The molecule has 1 aromatic carbocycles. The van der Waals surface area contributed by atoms with E-state index in [1.807, 2.05) is 46.8 Å². The van der Waals surface area contributed by atoms with E-state index in [0.29, 0.717) is 18.7 Å². The number of amides is 1. The molecule has 0 atom stereocenters. The van der Waals surface area contributed by atoms with Gasteiger partial charge in [-0.2, -0.15) is 0 Å². The van der Waals surface area contributed by atoms with Gasteiger partial charge in [0, 0.05) is 13.1 Å². The standard InChI is InChI=1S/C20H27NO4/c1-13-11-16(18(22)24-6)12-14(2)17(13)15-7-9-21(10-8-15)19(23)25-20(3,4)5/h7,11-12H,8-10H2,1-6H3. The van der Waals surface area contributed by atoms with Crippen molar-refractivity contribution in [3.05, 3.63) is 40.5 Å². The third kappa shape index (κ3) is 4.62. The number of nitrogens with zero attached hydrogens (tertiary/aromatic N) is 1. The highest BCUT2D eigenvalue weighted by molar-refractivity contribution is 5.91. The highest BCUT2D eigenvalue weighted by atomic mass is 16.6. The minimum absolute atomic E-state index is 0.280. The Morgan fingerprint density at radius 2 is 1.72 bits per heavy atom. The quantitative estimate of drug-likeness (QED) is 0.757. The zero-order valence-electron chi connectivity index (χ0n) is 15.9. The van der Waals surface area contributed by atoms with Gasteiger partial charge in [0.2, 0.25) is 0 Å². The largest absolute Gasteiger partial charge is 0.465 e. The SMILES string of the molecule is COC(=O)c1cc(C)c(C2=CCN(C(=O)OC(C)(C)C)CC2)c(C)c1. The summed E-state index contributed by atoms with van der Waals surface area (Å²) in [6.07, 6.45) is 2.55. The van der Waals surface area contributed by atoms with Gasteiger partial charge < -0.3 is 14.4 Å². The molecule has 0 aromatic heterocycles. The van der Waals surface area contributed by atoms with Crippen LogP contribution in [0.15, 0.2) is 18.2 Å². The number of carbonyl (C=O) groups is 2. The summed E-state index contributed by atoms with van der Waals surface area (Å²) in [4.78, 5) is 25.6. The molecule has 0 N–H and O–H groups in total. The first-order valence-corrected chi connectivity index (χ1v) is 8.49. The number of carbonyl (C=O) groups excluding carboxylic acids is 2. The molecule has 0 bridgehead atoms. The lowest BCUT2D eigenvalue weighted by atomic mass is 9.90. The molecule has 136 valence electrons. The van der Waals surface area contributed by atoms with Crippen LogP contribution in [0.4, 0.5) is 4.79 Å². The Morgan fingerprint density at radius 3 is 2.16 bits per heavy atom. The van der Waals surface area contributed by atoms with Crippen molar-refractivity contribution in [3.8, 4) is 0 Å². The van der Waals surface area contributed by atoms with Crippen molar-refractivity contribution in [2.24, 2.45) is 0 Å². The topological polar surface area (TPSA) is 55.8 Å². The molecule has 25 heavy (non-hydrogen) atoms. The summed E-state index contributed by atoms with van der Waals surface area (Å²) >= 11 is 0. The fraction of sp³-hybridized carbons (Fsp3) is 0.500. The molecular weight excluding hydrogens is 318 g/mol. The van der Waals surface area contributed by atoms with Crippen LogP contribution >= 0.6 is 0 Å². The molecule has 0 radical (unpaired) electrons. The Bertz CT molecular complexity index is 690. The molecule has 1 aliphatic heterocycles. The lowest BCUT2D eigenvalue weighted by Crippen LogP contribution is -2.39. The first-order valence-electron chi connectivity index (χ1n) is 8.49. The van der Waals surface area contributed by atoms with E-state index in [1.54, 1.807) is 4.90 Å². The molecule has 1 aliphatic rings. The van der Waals surface area contributed by atoms with Crippen molar-refractivity contribution in [2.75, 3.05) is 20.2 Å². The van der Waals surface area contributed by atoms with E-state index in [0.717, 1.165) is 23.1 Å². The van der Waals surface area contributed by atoms with Crippen LogP contribution in [0.5, 0.6) is 0 Å². The molecule has 1 aromatic rings. The third-order valence-corrected chi connectivity index (χ3v) is 4.14. The van der Waals surface area contributed by atoms with Crippen molar-refractivity contribution < 1.29 is 19.1 Å². The number of aryl methyl sites for hydroxylation is 2. The van der Waals surface area contributed by atoms with Crippen molar-refractivity contribution in [2.45, 2.75) is 46.6 Å². The normalized spacial score (nSPS) is 14.8. The monoisotopic (exact) mass is 345 g/mol. The maximum absolute atomic E-state index is 12.2. The highest BCUT2D eigenvalue weighted by Crippen LogP contribution is 2.30. The Hall–Kier alpha value is -2.30. The Balaban J connectivity index is 2.19. The van der Waals surface area contributed by atoms with Gasteiger partial charge in [-0.05, 0) is 75.4 Å². The Kier molecular flexibility index (Phi) is 5.55. The summed E-state index contributed by atoms with van der Waals surface area (Å²) in [7, 11) is 1.38. The second-order valence-corrected chi connectivity index (χ2v) is 7.38. The molecule has 0 saturated heterocycles. The van der Waals surface area contributed by atoms with E-state index < -0.39 is 5.60 Å². The molecule has 0 spiro atoms. The third-order valence-electron chi connectivity index (χ3n) is 4.14. The maximum atomic E-state index is 12.2. The van der Waals surface area contributed by atoms with Gasteiger partial charge in [-0.25, -0.2) is 9.59 Å². The van der Waals surface area contributed by atoms with Gasteiger partial charge in [0.25, 0.3) is 0 Å². The van der Waals surface area contributed by atoms with Crippen LogP contribution in [-0.2, 0) is 9.47 Å². The first kappa shape index (κ1) is 19.0. The molecule has 0 unspecified atom stereocenters. The predicted molar refractivity (Wildman–Crippen MR) is 97.7 cm³/mol. The number of ether oxygens (including phenoxy) is 2. The molecule has 0 fully saturated rings. The number of benzene rings is 1. The number of hydrogen-bond donors (Lipinski definition) is 0. The average Bonchev–Trinajstić information content (AvgIpc) is 2.52. The van der Waals surface area contributed by atoms with Crippen LogP contribution in [0.3, 0.4) is 0 Å². The van der Waals surface area contributed by atoms with Crippen LogP contribution in [0.1, 0.15) is 54.2 Å². The van der Waals surface area contributed by atoms with Crippen LogP contribution in [0.2, 0.25) is 0 Å². The molecule has 5 nitrogen and oxygen atoms in total. The Labute approximate surface area is 149 Å². The summed E-state index contributed by atoms with van der Waals surface area (Å²) in [6.45, 7) is 10.7. The molecule has 2 rings (SSSR count). The van der Waals surface area contributed by atoms with Crippen molar-refractivity contribution in [1.29, 1.82) is 0 Å². The number of rotatable bonds is 2. The van der Waals surface area contributed by atoms with E-state index in [1.165, 1.54) is 12.7 Å². The molecule has 0 saturated carbocycles. The summed E-state index contributed by atoms with van der Waals surface area (Å²) in [5.41, 5.74) is 4.50. The molecule has 0 aliphatic carbocycles. The van der Waals surface area contributed by atoms with Gasteiger partial charge in [0.05, 0.1) is 12.7 Å². The van der Waals surface area contributed by atoms with Crippen molar-refractivity contribution in [1.82, 2.24) is 4.90 Å². The first-order chi connectivity index (χ1) is 11.6. The fourth-order valence-corrected chi connectivity index (χ4v) is 3.09. The van der Waals surface area contributed by atoms with E-state index in [9.17, 15) is 9.59 Å². The van der Waals surface area contributed by atoms with Gasteiger partial charge in [-0.1, -0.05) is 6.08 Å². The number of esters is 1. The Morgan fingerprint density at radius 1 is 1.12 bits per heavy atom. The lowest BCUT2D eigenvalue weighted by molar-refractivity contribution is 0.0270. The second-order valence-electron chi connectivity index (χ2n) is 7.38. The summed E-state index contributed by atoms with van der Waals surface area (Å²) in [6, 6.07) is 3.71. The highest BCUT2D eigenvalue weighted by Gasteiger charge is 2.24. The van der Waals surface area contributed by atoms with Gasteiger partial charge in [-0.15, -0.1) is 0 Å². The summed E-state index contributed by atoms with van der Waals surface area (Å²) in [5.74, 6) is -0.327. The average molecular weight is 345 g/mol. The van der Waals surface area contributed by atoms with E-state index in [2.05, 4.69) is 6.08 Å². The van der Waals surface area contributed by atoms with Crippen LogP contribution in [0, 0.1) is 13.8 Å². The maximum Gasteiger partial charge on any atom is 0.410 e. The molecule has 1 heterocycles. The van der Waals surface area contributed by atoms with Crippen LogP contribution < -0.4 is 0 Å². The van der Waals surface area contributed by atoms with Crippen molar-refractivity contribution in [3.63, 3.8) is 0 Å². The zero-order valence-corrected chi connectivity index (χ0v) is 15.9. The van der Waals surface area contributed by atoms with E-state index >= 15 is 0 Å². The summed E-state index contributed by atoms with van der Waals surface area (Å²) < 4.78 is 10.2. The van der Waals surface area contributed by atoms with E-state index in [4.69, 9.17) is 9.47 Å². The molecule has 1 amide bonds. The molecular formula is C20H27NO4. The van der Waals surface area contributed by atoms with Crippen LogP contribution in [0.25, 0.3) is 5.57 Å². The smallest absolute Gasteiger partial charge is 0.410 e. The van der Waals surface area contributed by atoms with Crippen LogP contribution in [-0.4, -0.2) is 42.8 Å². The van der Waals surface area contributed by atoms with Gasteiger partial charge in [0.15, 0.2) is 0 Å². The van der Waals surface area contributed by atoms with Crippen molar-refractivity contribution >= 4 is 17.6 Å². The number of hydrogen-bond acceptors (Lipinski definition) is 4. The van der Waals surface area contributed by atoms with Gasteiger partial charge in [-0.3, -0.25) is 0 Å². The minimum Gasteiger partial charge on any atom is -0.465 e. The van der Waals surface area contributed by atoms with Gasteiger partial charge >= 0.3 is 12.1 Å². The second kappa shape index (κ2) is 7.30. The minimum atomic E-state index is -0.488. The fourth-order valence-electron chi connectivity index (χ4n) is 3.09. The van der Waals surface area contributed by atoms with E-state index in [-0.39, 0.29) is 12.1 Å². The predicted octanol–water partition coefficient (Wildman–Crippen LogP) is 4.11. The summed E-state index contributed by atoms with van der Waals surface area (Å²) in [5, 5.41) is 0. The zero-order chi connectivity index (χ0) is 18.8. The number of methoxy groups -OCH3 is 1. The van der Waals surface area contributed by atoms with Gasteiger partial charge in [0.1, 0.15) is 5.60 Å². The molecule has 5 heteroatoms.